The van der Waals surface area contributed by atoms with Crippen LogP contribution < -0.4 is 14.8 Å². The molecule has 0 atom stereocenters. The molecule has 2 aromatic rings. The van der Waals surface area contributed by atoms with Gasteiger partial charge < -0.3 is 5.32 Å². The third-order valence-corrected chi connectivity index (χ3v) is 7.20. The summed E-state index contributed by atoms with van der Waals surface area (Å²) in [5, 5.41) is 2.80. The molecule has 0 bridgehead atoms. The predicted molar refractivity (Wildman–Crippen MR) is 120 cm³/mol. The third kappa shape index (κ3) is 7.05. The zero-order valence-electron chi connectivity index (χ0n) is 17.3. The summed E-state index contributed by atoms with van der Waals surface area (Å²) in [6, 6.07) is 12.8. The largest absolute Gasteiger partial charge is 0.352 e. The number of benzene rings is 2. The lowest BCUT2D eigenvalue weighted by atomic mass is 10.1. The van der Waals surface area contributed by atoms with Gasteiger partial charge in [-0.05, 0) is 61.2 Å². The zero-order valence-corrected chi connectivity index (χ0v) is 18.9. The Morgan fingerprint density at radius 2 is 1.55 bits per heavy atom. The first-order chi connectivity index (χ1) is 14.6. The number of hydrogen-bond donors (Lipinski definition) is 3. The highest BCUT2D eigenvalue weighted by Crippen LogP contribution is 2.20. The fraction of sp³-hybridized carbons (Fsp3) is 0.381. The Kier molecular flexibility index (Phi) is 7.34. The lowest BCUT2D eigenvalue weighted by molar-refractivity contribution is 0.0954. The van der Waals surface area contributed by atoms with Crippen molar-refractivity contribution < 1.29 is 21.6 Å². The summed E-state index contributed by atoms with van der Waals surface area (Å²) in [6.07, 6.45) is 5.48. The molecule has 0 aromatic heterocycles. The molecule has 0 spiro atoms. The first-order valence-corrected chi connectivity index (χ1v) is 13.5. The minimum absolute atomic E-state index is 0.0242. The Balaban J connectivity index is 1.49. The highest BCUT2D eigenvalue weighted by atomic mass is 32.2. The summed E-state index contributed by atoms with van der Waals surface area (Å²) in [4.78, 5) is 12.5. The van der Waals surface area contributed by atoms with Crippen molar-refractivity contribution in [2.45, 2.75) is 43.0 Å². The van der Waals surface area contributed by atoms with Crippen molar-refractivity contribution in [3.05, 3.63) is 59.7 Å². The molecule has 1 saturated carbocycles. The van der Waals surface area contributed by atoms with Crippen LogP contribution in [-0.2, 0) is 26.5 Å². The van der Waals surface area contributed by atoms with Gasteiger partial charge in [-0.2, -0.15) is 0 Å². The van der Waals surface area contributed by atoms with E-state index in [0.717, 1.165) is 37.5 Å². The van der Waals surface area contributed by atoms with E-state index in [1.165, 1.54) is 12.1 Å². The van der Waals surface area contributed by atoms with E-state index in [4.69, 9.17) is 0 Å². The first-order valence-electron chi connectivity index (χ1n) is 10.1. The lowest BCUT2D eigenvalue weighted by Crippen LogP contribution is -2.32. The van der Waals surface area contributed by atoms with Crippen LogP contribution in [-0.4, -0.2) is 41.6 Å². The van der Waals surface area contributed by atoms with E-state index in [1.54, 1.807) is 36.4 Å². The predicted octanol–water partition coefficient (Wildman–Crippen LogP) is 2.25. The van der Waals surface area contributed by atoms with E-state index in [2.05, 4.69) is 14.8 Å². The average Bonchev–Trinajstić information content (AvgIpc) is 3.20. The molecular formula is C21H27N3O5S2. The second kappa shape index (κ2) is 9.80. The van der Waals surface area contributed by atoms with Crippen molar-refractivity contribution in [1.29, 1.82) is 0 Å². The molecule has 168 valence electrons. The number of carbonyl (C=O) groups is 1. The second-order valence-corrected chi connectivity index (χ2v) is 11.2. The van der Waals surface area contributed by atoms with E-state index in [-0.39, 0.29) is 16.8 Å². The van der Waals surface area contributed by atoms with Gasteiger partial charge in [0.2, 0.25) is 20.0 Å². The van der Waals surface area contributed by atoms with Crippen molar-refractivity contribution in [1.82, 2.24) is 10.0 Å². The van der Waals surface area contributed by atoms with Gasteiger partial charge in [-0.15, -0.1) is 0 Å². The minimum Gasteiger partial charge on any atom is -0.352 e. The maximum absolute atomic E-state index is 12.5. The molecule has 10 heteroatoms. The zero-order chi connectivity index (χ0) is 22.5. The van der Waals surface area contributed by atoms with Gasteiger partial charge in [0.15, 0.2) is 0 Å². The molecule has 0 unspecified atom stereocenters. The number of amides is 1. The summed E-state index contributed by atoms with van der Waals surface area (Å²) >= 11 is 0. The van der Waals surface area contributed by atoms with Crippen LogP contribution in [0.15, 0.2) is 53.4 Å². The van der Waals surface area contributed by atoms with Gasteiger partial charge in [0, 0.05) is 23.8 Å². The maximum Gasteiger partial charge on any atom is 0.251 e. The Labute approximate surface area is 183 Å². The summed E-state index contributed by atoms with van der Waals surface area (Å²) in [5.41, 5.74) is 1.71. The molecule has 3 rings (SSSR count). The molecule has 1 aliphatic rings. The van der Waals surface area contributed by atoms with Crippen molar-refractivity contribution in [2.75, 3.05) is 17.5 Å². The van der Waals surface area contributed by atoms with Gasteiger partial charge in [-0.3, -0.25) is 9.52 Å². The second-order valence-electron chi connectivity index (χ2n) is 7.70. The summed E-state index contributed by atoms with van der Waals surface area (Å²) < 4.78 is 52.5. The van der Waals surface area contributed by atoms with Crippen LogP contribution in [0.3, 0.4) is 0 Å². The first kappa shape index (κ1) is 23.2. The molecule has 3 N–H and O–H groups in total. The fourth-order valence-corrected chi connectivity index (χ4v) is 5.36. The van der Waals surface area contributed by atoms with E-state index < -0.39 is 20.0 Å². The number of hydrogen-bond acceptors (Lipinski definition) is 5. The van der Waals surface area contributed by atoms with Crippen LogP contribution in [0.4, 0.5) is 5.69 Å². The monoisotopic (exact) mass is 465 g/mol. The van der Waals surface area contributed by atoms with Crippen LogP contribution in [0.1, 0.15) is 41.6 Å². The Morgan fingerprint density at radius 3 is 2.13 bits per heavy atom. The molecule has 8 nitrogen and oxygen atoms in total. The number of anilines is 1. The van der Waals surface area contributed by atoms with Gasteiger partial charge in [-0.25, -0.2) is 21.6 Å². The molecule has 1 fully saturated rings. The highest BCUT2D eigenvalue weighted by Gasteiger charge is 2.22. The molecule has 0 saturated heterocycles. The topological polar surface area (TPSA) is 121 Å². The molecule has 0 heterocycles. The third-order valence-electron chi connectivity index (χ3n) is 5.06. The molecule has 2 aromatic carbocycles. The quantitative estimate of drug-likeness (QED) is 0.524. The number of carbonyl (C=O) groups excluding carboxylic acids is 1. The van der Waals surface area contributed by atoms with Crippen LogP contribution in [0.25, 0.3) is 0 Å². The maximum atomic E-state index is 12.5. The summed E-state index contributed by atoms with van der Waals surface area (Å²) in [5.74, 6) is -0.272. The molecule has 1 aliphatic carbocycles. The number of nitrogens with one attached hydrogen (secondary N) is 3. The van der Waals surface area contributed by atoms with Crippen molar-refractivity contribution in [3.8, 4) is 0 Å². The Morgan fingerprint density at radius 1 is 0.935 bits per heavy atom. The smallest absolute Gasteiger partial charge is 0.251 e. The van der Waals surface area contributed by atoms with E-state index in [1.807, 2.05) is 0 Å². The van der Waals surface area contributed by atoms with Gasteiger partial charge >= 0.3 is 0 Å². The van der Waals surface area contributed by atoms with E-state index in [9.17, 15) is 21.6 Å². The van der Waals surface area contributed by atoms with Crippen molar-refractivity contribution >= 4 is 31.6 Å². The summed E-state index contributed by atoms with van der Waals surface area (Å²) in [7, 11) is -6.87. The van der Waals surface area contributed by atoms with E-state index in [0.29, 0.717) is 24.2 Å². The standard InChI is InChI=1S/C21H27N3O5S2/c1-30(26,27)23-19-10-8-17(9-11-19)21(25)22-15-14-16-6-12-20(13-7-16)31(28,29)24-18-4-2-3-5-18/h6-13,18,23-24H,2-5,14-15H2,1H3,(H,22,25). The summed E-state index contributed by atoms with van der Waals surface area (Å²) in [6.45, 7) is 0.384. The average molecular weight is 466 g/mol. The SMILES string of the molecule is CS(=O)(=O)Nc1ccc(C(=O)NCCc2ccc(S(=O)(=O)NC3CCCC3)cc2)cc1. The normalized spacial score (nSPS) is 15.0. The molecular weight excluding hydrogens is 438 g/mol. The van der Waals surface area contributed by atoms with Gasteiger partial charge in [-0.1, -0.05) is 25.0 Å². The van der Waals surface area contributed by atoms with Gasteiger partial charge in [0.1, 0.15) is 0 Å². The Bertz CT molecular complexity index is 1110. The van der Waals surface area contributed by atoms with E-state index >= 15 is 0 Å². The molecule has 1 amide bonds. The lowest BCUT2D eigenvalue weighted by Gasteiger charge is -2.13. The Hall–Kier alpha value is -2.43. The van der Waals surface area contributed by atoms with Gasteiger partial charge in [0.25, 0.3) is 5.91 Å². The minimum atomic E-state index is -3.51. The number of rotatable bonds is 9. The van der Waals surface area contributed by atoms with Crippen molar-refractivity contribution in [3.63, 3.8) is 0 Å². The van der Waals surface area contributed by atoms with Gasteiger partial charge in [0.05, 0.1) is 11.2 Å². The fourth-order valence-electron chi connectivity index (χ4n) is 3.49. The highest BCUT2D eigenvalue weighted by molar-refractivity contribution is 7.92. The van der Waals surface area contributed by atoms with Crippen LogP contribution in [0, 0.1) is 0 Å². The van der Waals surface area contributed by atoms with Crippen molar-refractivity contribution in [2.24, 2.45) is 0 Å². The van der Waals surface area contributed by atoms with Crippen LogP contribution in [0.5, 0.6) is 0 Å². The van der Waals surface area contributed by atoms with Crippen LogP contribution >= 0.6 is 0 Å². The van der Waals surface area contributed by atoms with Crippen LogP contribution in [0.2, 0.25) is 0 Å². The molecule has 0 radical (unpaired) electrons. The number of sulfonamides is 2. The molecule has 0 aliphatic heterocycles. The molecule has 31 heavy (non-hydrogen) atoms.